The summed E-state index contributed by atoms with van der Waals surface area (Å²) >= 11 is 0. The highest BCUT2D eigenvalue weighted by Crippen LogP contribution is 2.14. The lowest BCUT2D eigenvalue weighted by Crippen LogP contribution is -2.33. The van der Waals surface area contributed by atoms with Crippen LogP contribution in [0.25, 0.3) is 5.69 Å². The normalized spacial score (nSPS) is 11.5. The Morgan fingerprint density at radius 2 is 1.95 bits per heavy atom. The summed E-state index contributed by atoms with van der Waals surface area (Å²) in [6.07, 6.45) is 1.96. The molecule has 0 saturated carbocycles. The maximum Gasteiger partial charge on any atom is 0.110 e. The molecule has 4 nitrogen and oxygen atoms in total. The van der Waals surface area contributed by atoms with Gasteiger partial charge >= 0.3 is 0 Å². The number of benzene rings is 1. The largest absolute Gasteiger partial charge is 0.310 e. The van der Waals surface area contributed by atoms with Crippen molar-refractivity contribution in [2.45, 2.75) is 33.4 Å². The van der Waals surface area contributed by atoms with Gasteiger partial charge in [0.25, 0.3) is 0 Å². The SMILES string of the molecule is Cc1ncc(CNCCN(C)C(C)C)n1-c1ccccc1. The van der Waals surface area contributed by atoms with Crippen molar-refractivity contribution in [1.82, 2.24) is 19.8 Å². The van der Waals surface area contributed by atoms with Crippen molar-refractivity contribution in [3.63, 3.8) is 0 Å². The van der Waals surface area contributed by atoms with E-state index in [1.54, 1.807) is 0 Å². The lowest BCUT2D eigenvalue weighted by molar-refractivity contribution is 0.273. The van der Waals surface area contributed by atoms with E-state index in [-0.39, 0.29) is 0 Å². The number of nitrogens with one attached hydrogen (secondary N) is 1. The molecule has 4 heteroatoms. The number of hydrogen-bond donors (Lipinski definition) is 1. The molecular formula is C17H26N4. The first kappa shape index (κ1) is 15.7. The van der Waals surface area contributed by atoms with Gasteiger partial charge in [0.15, 0.2) is 0 Å². The maximum absolute atomic E-state index is 4.45. The van der Waals surface area contributed by atoms with Crippen LogP contribution in [0.5, 0.6) is 0 Å². The first-order chi connectivity index (χ1) is 10.1. The topological polar surface area (TPSA) is 33.1 Å². The fourth-order valence-electron chi connectivity index (χ4n) is 2.28. The van der Waals surface area contributed by atoms with E-state index in [4.69, 9.17) is 0 Å². The van der Waals surface area contributed by atoms with Gasteiger partial charge in [0.1, 0.15) is 5.82 Å². The number of imidazole rings is 1. The lowest BCUT2D eigenvalue weighted by atomic mass is 10.3. The number of hydrogen-bond acceptors (Lipinski definition) is 3. The molecule has 1 N–H and O–H groups in total. The molecule has 0 atom stereocenters. The van der Waals surface area contributed by atoms with E-state index in [1.165, 1.54) is 11.4 Å². The summed E-state index contributed by atoms with van der Waals surface area (Å²) in [4.78, 5) is 6.79. The number of rotatable bonds is 7. The zero-order valence-corrected chi connectivity index (χ0v) is 13.5. The molecule has 1 heterocycles. The van der Waals surface area contributed by atoms with Gasteiger partial charge in [-0.25, -0.2) is 4.98 Å². The first-order valence-electron chi connectivity index (χ1n) is 7.59. The van der Waals surface area contributed by atoms with Crippen molar-refractivity contribution in [3.8, 4) is 5.69 Å². The summed E-state index contributed by atoms with van der Waals surface area (Å²) in [6, 6.07) is 11.0. The van der Waals surface area contributed by atoms with Crippen LogP contribution in [0.2, 0.25) is 0 Å². The van der Waals surface area contributed by atoms with Gasteiger partial charge in [0.2, 0.25) is 0 Å². The van der Waals surface area contributed by atoms with Gasteiger partial charge in [-0.3, -0.25) is 4.57 Å². The molecule has 0 saturated heterocycles. The summed E-state index contributed by atoms with van der Waals surface area (Å²) in [5.41, 5.74) is 2.37. The Morgan fingerprint density at radius 3 is 2.62 bits per heavy atom. The van der Waals surface area contributed by atoms with Crippen molar-refractivity contribution in [2.24, 2.45) is 0 Å². The highest BCUT2D eigenvalue weighted by molar-refractivity contribution is 5.35. The van der Waals surface area contributed by atoms with Crippen LogP contribution >= 0.6 is 0 Å². The summed E-state index contributed by atoms with van der Waals surface area (Å²) in [7, 11) is 2.16. The molecule has 0 fully saturated rings. The van der Waals surface area contributed by atoms with Gasteiger partial charge in [-0.1, -0.05) is 18.2 Å². The average Bonchev–Trinajstić information content (AvgIpc) is 2.85. The van der Waals surface area contributed by atoms with Crippen molar-refractivity contribution in [3.05, 3.63) is 48.0 Å². The van der Waals surface area contributed by atoms with E-state index in [2.05, 4.69) is 64.9 Å². The Balaban J connectivity index is 1.96. The third kappa shape index (κ3) is 4.16. The zero-order chi connectivity index (χ0) is 15.2. The minimum atomic E-state index is 0.587. The molecule has 0 bridgehead atoms. The number of nitrogens with zero attached hydrogens (tertiary/aromatic N) is 3. The van der Waals surface area contributed by atoms with Gasteiger partial charge in [-0.15, -0.1) is 0 Å². The van der Waals surface area contributed by atoms with E-state index in [9.17, 15) is 0 Å². The van der Waals surface area contributed by atoms with Gasteiger partial charge < -0.3 is 10.2 Å². The molecule has 0 aliphatic rings. The van der Waals surface area contributed by atoms with Crippen LogP contribution in [0.1, 0.15) is 25.4 Å². The molecule has 0 aliphatic carbocycles. The van der Waals surface area contributed by atoms with Gasteiger partial charge in [-0.05, 0) is 40.0 Å². The quantitative estimate of drug-likeness (QED) is 0.794. The van der Waals surface area contributed by atoms with Crippen molar-refractivity contribution < 1.29 is 0 Å². The summed E-state index contributed by atoms with van der Waals surface area (Å²) in [6.45, 7) is 9.34. The second kappa shape index (κ2) is 7.38. The van der Waals surface area contributed by atoms with Crippen LogP contribution < -0.4 is 5.32 Å². The molecule has 1 aromatic heterocycles. The van der Waals surface area contributed by atoms with Gasteiger partial charge in [0.05, 0.1) is 11.9 Å². The van der Waals surface area contributed by atoms with E-state index < -0.39 is 0 Å². The van der Waals surface area contributed by atoms with Crippen LogP contribution in [-0.2, 0) is 6.54 Å². The van der Waals surface area contributed by atoms with Crippen LogP contribution in [0, 0.1) is 6.92 Å². The molecule has 0 unspecified atom stereocenters. The monoisotopic (exact) mass is 286 g/mol. The standard InChI is InChI=1S/C17H26N4/c1-14(2)20(4)11-10-18-12-17-13-19-15(3)21(17)16-8-6-5-7-9-16/h5-9,13-14,18H,10-12H2,1-4H3. The lowest BCUT2D eigenvalue weighted by Gasteiger charge is -2.21. The number of aryl methyl sites for hydroxylation is 1. The Kier molecular flexibility index (Phi) is 5.53. The van der Waals surface area contributed by atoms with E-state index >= 15 is 0 Å². The summed E-state index contributed by atoms with van der Waals surface area (Å²) in [5.74, 6) is 1.03. The van der Waals surface area contributed by atoms with Crippen LogP contribution in [-0.4, -0.2) is 40.6 Å². The van der Waals surface area contributed by atoms with Crippen molar-refractivity contribution in [2.75, 3.05) is 20.1 Å². The predicted molar refractivity (Wildman–Crippen MR) is 87.8 cm³/mol. The minimum absolute atomic E-state index is 0.587. The molecule has 1 aromatic carbocycles. The molecule has 21 heavy (non-hydrogen) atoms. The van der Waals surface area contributed by atoms with Gasteiger partial charge in [0, 0.05) is 31.4 Å². The zero-order valence-electron chi connectivity index (χ0n) is 13.5. The molecule has 0 amide bonds. The smallest absolute Gasteiger partial charge is 0.110 e. The Hall–Kier alpha value is -1.65. The second-order valence-electron chi connectivity index (χ2n) is 5.72. The highest BCUT2D eigenvalue weighted by atomic mass is 15.1. The molecule has 2 aromatic rings. The first-order valence-corrected chi connectivity index (χ1v) is 7.59. The number of likely N-dealkylation sites (N-methyl/N-ethyl adjacent to an activating group) is 1. The minimum Gasteiger partial charge on any atom is -0.310 e. The Bertz CT molecular complexity index is 545. The van der Waals surface area contributed by atoms with Crippen molar-refractivity contribution in [1.29, 1.82) is 0 Å². The number of aromatic nitrogens is 2. The third-order valence-corrected chi connectivity index (χ3v) is 3.85. The van der Waals surface area contributed by atoms with E-state index in [1.807, 2.05) is 19.2 Å². The fourth-order valence-corrected chi connectivity index (χ4v) is 2.28. The van der Waals surface area contributed by atoms with Crippen LogP contribution in [0.15, 0.2) is 36.5 Å². The van der Waals surface area contributed by atoms with Crippen molar-refractivity contribution >= 4 is 0 Å². The summed E-state index contributed by atoms with van der Waals surface area (Å²) < 4.78 is 2.21. The Labute approximate surface area is 127 Å². The third-order valence-electron chi connectivity index (χ3n) is 3.85. The number of para-hydroxylation sites is 1. The molecule has 2 rings (SSSR count). The second-order valence-corrected chi connectivity index (χ2v) is 5.72. The summed E-state index contributed by atoms with van der Waals surface area (Å²) in [5, 5.41) is 3.51. The maximum atomic E-state index is 4.45. The Morgan fingerprint density at radius 1 is 1.24 bits per heavy atom. The molecule has 114 valence electrons. The van der Waals surface area contributed by atoms with E-state index in [0.717, 1.165) is 25.5 Å². The fraction of sp³-hybridized carbons (Fsp3) is 0.471. The molecule has 0 aliphatic heterocycles. The average molecular weight is 286 g/mol. The predicted octanol–water partition coefficient (Wildman–Crippen LogP) is 2.61. The van der Waals surface area contributed by atoms with Crippen LogP contribution in [0.3, 0.4) is 0 Å². The molecular weight excluding hydrogens is 260 g/mol. The highest BCUT2D eigenvalue weighted by Gasteiger charge is 2.08. The van der Waals surface area contributed by atoms with E-state index in [0.29, 0.717) is 6.04 Å². The van der Waals surface area contributed by atoms with Gasteiger partial charge in [-0.2, -0.15) is 0 Å². The van der Waals surface area contributed by atoms with Crippen LogP contribution in [0.4, 0.5) is 0 Å². The molecule has 0 radical (unpaired) electrons. The molecule has 0 spiro atoms.